The molecule has 0 bridgehead atoms. The number of imidazole rings is 1. The van der Waals surface area contributed by atoms with Crippen LogP contribution in [0.3, 0.4) is 0 Å². The Morgan fingerprint density at radius 2 is 1.41 bits per heavy atom. The average molecular weight is 475 g/mol. The highest BCUT2D eigenvalue weighted by Gasteiger charge is 2.19. The number of nitrogens with zero attached hydrogens (tertiary/aromatic N) is 4. The quantitative estimate of drug-likeness (QED) is 0.402. The Morgan fingerprint density at radius 3 is 2.09 bits per heavy atom. The standard InChI is InChI=1S/C24H22N6O3S/c1-15-8-11-17(12-9-15)34(32,33)28-23-22(26-18-6-4-5-7-19(18)27-23)25-16-10-13-20-21(14-16)30(3)24(31)29(20)2/h4-14H,1-3H3,(H,25,26)(H,27,28). The first-order chi connectivity index (χ1) is 16.2. The molecule has 172 valence electrons. The largest absolute Gasteiger partial charge is 0.337 e. The number of rotatable bonds is 5. The molecule has 2 N–H and O–H groups in total. The van der Waals surface area contributed by atoms with E-state index in [9.17, 15) is 13.2 Å². The van der Waals surface area contributed by atoms with E-state index >= 15 is 0 Å². The number of aryl methyl sites for hydroxylation is 3. The number of sulfonamides is 1. The van der Waals surface area contributed by atoms with Gasteiger partial charge in [0.25, 0.3) is 10.0 Å². The van der Waals surface area contributed by atoms with Crippen molar-refractivity contribution in [3.8, 4) is 0 Å². The molecule has 2 aromatic heterocycles. The molecular weight excluding hydrogens is 452 g/mol. The van der Waals surface area contributed by atoms with Crippen LogP contribution in [0.2, 0.25) is 0 Å². The predicted octanol–water partition coefficient (Wildman–Crippen LogP) is 3.67. The van der Waals surface area contributed by atoms with Gasteiger partial charge in [0.2, 0.25) is 0 Å². The Kier molecular flexibility index (Phi) is 5.09. The Hall–Kier alpha value is -4.18. The topological polar surface area (TPSA) is 111 Å². The van der Waals surface area contributed by atoms with E-state index < -0.39 is 10.0 Å². The summed E-state index contributed by atoms with van der Waals surface area (Å²) < 4.78 is 31.8. The number of nitrogens with one attached hydrogen (secondary N) is 2. The second-order valence-electron chi connectivity index (χ2n) is 8.06. The maximum atomic E-state index is 13.1. The van der Waals surface area contributed by atoms with Gasteiger partial charge in [-0.25, -0.2) is 23.2 Å². The minimum atomic E-state index is -3.90. The van der Waals surface area contributed by atoms with Gasteiger partial charge in [0.15, 0.2) is 11.6 Å². The molecule has 0 radical (unpaired) electrons. The summed E-state index contributed by atoms with van der Waals surface area (Å²) in [7, 11) is -0.486. The third kappa shape index (κ3) is 3.77. The first-order valence-electron chi connectivity index (χ1n) is 10.5. The molecule has 5 rings (SSSR count). The summed E-state index contributed by atoms with van der Waals surface area (Å²) in [6, 6.07) is 19.2. The highest BCUT2D eigenvalue weighted by Crippen LogP contribution is 2.28. The molecule has 3 aromatic carbocycles. The van der Waals surface area contributed by atoms with Gasteiger partial charge in [-0.3, -0.25) is 13.9 Å². The van der Waals surface area contributed by atoms with Gasteiger partial charge in [-0.1, -0.05) is 29.8 Å². The molecular formula is C24H22N6O3S. The zero-order valence-corrected chi connectivity index (χ0v) is 19.6. The minimum Gasteiger partial charge on any atom is -0.337 e. The van der Waals surface area contributed by atoms with Crippen LogP contribution in [-0.4, -0.2) is 27.5 Å². The molecule has 0 saturated heterocycles. The van der Waals surface area contributed by atoms with Crippen molar-refractivity contribution in [3.63, 3.8) is 0 Å². The number of fused-ring (bicyclic) bond motifs is 2. The number of benzene rings is 3. The van der Waals surface area contributed by atoms with Gasteiger partial charge in [0.05, 0.1) is 27.0 Å². The number of anilines is 3. The van der Waals surface area contributed by atoms with Gasteiger partial charge in [-0.15, -0.1) is 0 Å². The van der Waals surface area contributed by atoms with Crippen LogP contribution in [0.25, 0.3) is 22.1 Å². The van der Waals surface area contributed by atoms with E-state index in [0.29, 0.717) is 16.7 Å². The van der Waals surface area contributed by atoms with Gasteiger partial charge in [-0.2, -0.15) is 0 Å². The fourth-order valence-electron chi connectivity index (χ4n) is 3.78. The van der Waals surface area contributed by atoms with Crippen molar-refractivity contribution in [1.29, 1.82) is 0 Å². The molecule has 0 unspecified atom stereocenters. The SMILES string of the molecule is Cc1ccc(S(=O)(=O)Nc2nc3ccccc3nc2Nc2ccc3c(c2)n(C)c(=O)n3C)cc1. The Labute approximate surface area is 195 Å². The number of hydrogen-bond acceptors (Lipinski definition) is 6. The highest BCUT2D eigenvalue weighted by molar-refractivity contribution is 7.92. The number of aromatic nitrogens is 4. The normalized spacial score (nSPS) is 11.7. The highest BCUT2D eigenvalue weighted by atomic mass is 32.2. The van der Waals surface area contributed by atoms with Crippen molar-refractivity contribution in [2.24, 2.45) is 14.1 Å². The summed E-state index contributed by atoms with van der Waals surface area (Å²) in [5.74, 6) is 0.316. The summed E-state index contributed by atoms with van der Waals surface area (Å²) in [4.78, 5) is 21.5. The van der Waals surface area contributed by atoms with Gasteiger partial charge in [0.1, 0.15) is 0 Å². The third-order valence-electron chi connectivity index (χ3n) is 5.67. The average Bonchev–Trinajstić information content (AvgIpc) is 3.03. The smallest absolute Gasteiger partial charge is 0.328 e. The van der Waals surface area contributed by atoms with E-state index in [1.54, 1.807) is 65.7 Å². The maximum Gasteiger partial charge on any atom is 0.328 e. The molecule has 0 saturated carbocycles. The van der Waals surface area contributed by atoms with Gasteiger partial charge in [0, 0.05) is 19.8 Å². The van der Waals surface area contributed by atoms with E-state index in [-0.39, 0.29) is 22.2 Å². The van der Waals surface area contributed by atoms with Crippen molar-refractivity contribution < 1.29 is 8.42 Å². The molecule has 0 aliphatic heterocycles. The fraction of sp³-hybridized carbons (Fsp3) is 0.125. The molecule has 0 fully saturated rings. The molecule has 0 spiro atoms. The van der Waals surface area contributed by atoms with E-state index in [4.69, 9.17) is 0 Å². The molecule has 0 amide bonds. The molecule has 2 heterocycles. The zero-order valence-electron chi connectivity index (χ0n) is 18.8. The van der Waals surface area contributed by atoms with E-state index in [1.165, 1.54) is 0 Å². The van der Waals surface area contributed by atoms with Crippen molar-refractivity contribution in [2.75, 3.05) is 10.0 Å². The minimum absolute atomic E-state index is 0.0707. The fourth-order valence-corrected chi connectivity index (χ4v) is 4.79. The van der Waals surface area contributed by atoms with Crippen LogP contribution in [0.4, 0.5) is 17.3 Å². The third-order valence-corrected chi connectivity index (χ3v) is 7.02. The summed E-state index contributed by atoms with van der Waals surface area (Å²) in [6.45, 7) is 1.89. The van der Waals surface area contributed by atoms with Crippen LogP contribution in [0.5, 0.6) is 0 Å². The summed E-state index contributed by atoms with van der Waals surface area (Å²) in [6.07, 6.45) is 0. The first-order valence-corrected chi connectivity index (χ1v) is 12.0. The van der Waals surface area contributed by atoms with Crippen LogP contribution in [0.1, 0.15) is 5.56 Å². The van der Waals surface area contributed by atoms with Gasteiger partial charge in [-0.05, 0) is 49.4 Å². The van der Waals surface area contributed by atoms with Crippen LogP contribution in [0.15, 0.2) is 76.4 Å². The Bertz CT molecular complexity index is 1720. The van der Waals surface area contributed by atoms with Gasteiger partial charge < -0.3 is 5.32 Å². The first kappa shape index (κ1) is 21.7. The molecule has 9 nitrogen and oxygen atoms in total. The van der Waals surface area contributed by atoms with Crippen LogP contribution < -0.4 is 15.7 Å². The predicted molar refractivity (Wildman–Crippen MR) is 133 cm³/mol. The summed E-state index contributed by atoms with van der Waals surface area (Å²) >= 11 is 0. The summed E-state index contributed by atoms with van der Waals surface area (Å²) in [5.41, 5.74) is 4.12. The second kappa shape index (κ2) is 7.99. The van der Waals surface area contributed by atoms with Crippen molar-refractivity contribution in [1.82, 2.24) is 19.1 Å². The van der Waals surface area contributed by atoms with Crippen molar-refractivity contribution in [3.05, 3.63) is 82.8 Å². The van der Waals surface area contributed by atoms with E-state index in [1.807, 2.05) is 31.2 Å². The molecule has 0 aliphatic rings. The van der Waals surface area contributed by atoms with Gasteiger partial charge >= 0.3 is 5.69 Å². The maximum absolute atomic E-state index is 13.1. The molecule has 5 aromatic rings. The molecule has 34 heavy (non-hydrogen) atoms. The lowest BCUT2D eigenvalue weighted by molar-refractivity contribution is 0.601. The lowest BCUT2D eigenvalue weighted by atomic mass is 10.2. The second-order valence-corrected chi connectivity index (χ2v) is 9.74. The Balaban J connectivity index is 1.60. The lowest BCUT2D eigenvalue weighted by Gasteiger charge is -2.14. The summed E-state index contributed by atoms with van der Waals surface area (Å²) in [5, 5.41) is 3.17. The van der Waals surface area contributed by atoms with Crippen LogP contribution in [0, 0.1) is 6.92 Å². The van der Waals surface area contributed by atoms with E-state index in [0.717, 1.165) is 16.6 Å². The van der Waals surface area contributed by atoms with E-state index in [2.05, 4.69) is 20.0 Å². The number of hydrogen-bond donors (Lipinski definition) is 2. The number of para-hydroxylation sites is 2. The van der Waals surface area contributed by atoms with Crippen LogP contribution >= 0.6 is 0 Å². The lowest BCUT2D eigenvalue weighted by Crippen LogP contribution is -2.19. The zero-order chi connectivity index (χ0) is 24.0. The Morgan fingerprint density at radius 1 is 0.794 bits per heavy atom. The van der Waals surface area contributed by atoms with Crippen molar-refractivity contribution in [2.45, 2.75) is 11.8 Å². The molecule has 10 heteroatoms. The van der Waals surface area contributed by atoms with Crippen LogP contribution in [-0.2, 0) is 24.1 Å². The van der Waals surface area contributed by atoms with Crippen molar-refractivity contribution >= 4 is 49.4 Å². The monoisotopic (exact) mass is 474 g/mol. The molecule has 0 aliphatic carbocycles. The molecule has 0 atom stereocenters.